The fourth-order valence-corrected chi connectivity index (χ4v) is 11.0. The van der Waals surface area contributed by atoms with Crippen LogP contribution in [-0.4, -0.2) is 45.7 Å². The van der Waals surface area contributed by atoms with E-state index >= 15 is 0 Å². The summed E-state index contributed by atoms with van der Waals surface area (Å²) in [5, 5.41) is 58.8. The van der Waals surface area contributed by atoms with Crippen molar-refractivity contribution >= 4 is 56.8 Å². The highest BCUT2D eigenvalue weighted by Crippen LogP contribution is 2.44. The summed E-state index contributed by atoms with van der Waals surface area (Å²) in [6.45, 7) is 17.2. The van der Waals surface area contributed by atoms with Gasteiger partial charge in [0.25, 0.3) is 0 Å². The topological polar surface area (TPSA) is 268 Å². The van der Waals surface area contributed by atoms with Gasteiger partial charge >= 0.3 is 12.1 Å². The highest BCUT2D eigenvalue weighted by atomic mass is 16.5. The Morgan fingerprint density at radius 1 is 0.455 bits per heavy atom. The number of hydrogen-bond acceptors (Lipinski definition) is 14. The van der Waals surface area contributed by atoms with E-state index in [0.717, 1.165) is 33.4 Å². The van der Waals surface area contributed by atoms with E-state index in [1.165, 1.54) is 36.8 Å². The van der Waals surface area contributed by atoms with Crippen LogP contribution in [0.5, 0.6) is 34.5 Å². The number of nitrogens with one attached hydrogen (secondary N) is 4. The van der Waals surface area contributed by atoms with Crippen LogP contribution in [0.15, 0.2) is 149 Å². The minimum atomic E-state index is -0.715. The predicted octanol–water partition coefficient (Wildman–Crippen LogP) is 15.4. The summed E-state index contributed by atoms with van der Waals surface area (Å²) in [4.78, 5) is 55.3. The Balaban J connectivity index is 1.01. The number of hydrogen-bond donors (Lipinski definition) is 8. The predicted molar refractivity (Wildman–Crippen MR) is 338 cm³/mol. The zero-order valence-corrected chi connectivity index (χ0v) is 50.1. The lowest BCUT2D eigenvalue weighted by Crippen LogP contribution is -2.20. The quantitative estimate of drug-likeness (QED) is 0.0529. The normalized spacial score (nSPS) is 12.5. The van der Waals surface area contributed by atoms with Gasteiger partial charge in [-0.15, -0.1) is 0 Å². The summed E-state index contributed by atoms with van der Waals surface area (Å²) < 4.78 is 35.9. The Bertz CT molecular complexity index is 4090. The molecule has 11 rings (SSSR count). The molecular formula is C70H68N4O14. The van der Waals surface area contributed by atoms with Crippen LogP contribution in [0.2, 0.25) is 0 Å². The average molecular weight is 1190 g/mol. The lowest BCUT2D eigenvalue weighted by Gasteiger charge is -2.26. The molecule has 0 saturated heterocycles. The number of furan rings is 2. The fraction of sp³-hybridized carbons (Fsp3) is 0.257. The second-order valence-corrected chi connectivity index (χ2v) is 24.2. The van der Waals surface area contributed by atoms with Crippen molar-refractivity contribution in [3.63, 3.8) is 0 Å². The van der Waals surface area contributed by atoms with Crippen LogP contribution in [0.3, 0.4) is 0 Å². The molecule has 0 spiro atoms. The number of fused-ring (bicyclic) bond motifs is 10. The number of anilines is 4. The molecule has 4 amide bonds. The zero-order chi connectivity index (χ0) is 62.3. The first-order valence-electron chi connectivity index (χ1n) is 29.1. The molecule has 0 unspecified atom stereocenters. The first kappa shape index (κ1) is 59.4. The number of aromatic hydroxyl groups is 4. The number of ether oxygens (including phenoxy) is 2. The maximum atomic E-state index is 14.2. The number of carbonyl (C=O) groups excluding carboxylic acids is 2. The van der Waals surface area contributed by atoms with Crippen molar-refractivity contribution < 1.29 is 57.2 Å². The molecular weight excluding hydrogens is 1120 g/mol. The van der Waals surface area contributed by atoms with Gasteiger partial charge in [0.1, 0.15) is 34.2 Å². The maximum Gasteiger partial charge on any atom is 0.323 e. The van der Waals surface area contributed by atoms with Gasteiger partial charge in [0, 0.05) is 70.7 Å². The van der Waals surface area contributed by atoms with Crippen LogP contribution in [0.25, 0.3) is 45.0 Å². The smallest absolute Gasteiger partial charge is 0.323 e. The Morgan fingerprint density at radius 3 is 1.10 bits per heavy atom. The monoisotopic (exact) mass is 1190 g/mol. The molecule has 10 aromatic rings. The summed E-state index contributed by atoms with van der Waals surface area (Å²) in [7, 11) is 0. The molecule has 0 saturated carbocycles. The van der Waals surface area contributed by atoms with Crippen LogP contribution < -0.4 is 41.6 Å². The first-order valence-corrected chi connectivity index (χ1v) is 29.1. The first-order chi connectivity index (χ1) is 42.0. The molecule has 4 aromatic heterocycles. The SMILES string of the molecule is CCCOc1c2cc(C(C)(C)C)cc1Cc1cc(NC(=O)Nc3ccc4oc(-c5ccco5)c(O)c(=O)c4c3)cc(c1O)Cc1cc(C(C)(C)C)cc(c1OCCC)Cc1cc(NC(=O)Nc3ccc4oc(-c5ccco5)c(O)c(=O)c4c3)cc(c1O)C2. The molecule has 0 fully saturated rings. The van der Waals surface area contributed by atoms with E-state index in [4.69, 9.17) is 27.1 Å². The third-order valence-electron chi connectivity index (χ3n) is 15.4. The maximum absolute atomic E-state index is 14.2. The number of amides is 4. The lowest BCUT2D eigenvalue weighted by atomic mass is 9.81. The van der Waals surface area contributed by atoms with Crippen molar-refractivity contribution in [1.82, 2.24) is 0 Å². The molecule has 8 N–H and O–H groups in total. The molecule has 18 heteroatoms. The van der Waals surface area contributed by atoms with Crippen molar-refractivity contribution in [3.8, 4) is 57.5 Å². The highest BCUT2D eigenvalue weighted by molar-refractivity contribution is 6.02. The molecule has 0 radical (unpaired) electrons. The van der Waals surface area contributed by atoms with Crippen LogP contribution in [0, 0.1) is 0 Å². The van der Waals surface area contributed by atoms with Gasteiger partial charge in [-0.05, 0) is 142 Å². The number of benzene rings is 6. The van der Waals surface area contributed by atoms with Crippen molar-refractivity contribution in [2.24, 2.45) is 0 Å². The van der Waals surface area contributed by atoms with Crippen LogP contribution in [0.1, 0.15) is 124 Å². The number of carbonyl (C=O) groups is 2. The van der Waals surface area contributed by atoms with Crippen LogP contribution in [-0.2, 0) is 36.5 Å². The Morgan fingerprint density at radius 2 is 0.795 bits per heavy atom. The standard InChI is InChI=1S/C70H68N4O14/c1-9-19-85-63-41-23-37-31-49(73-67(81)71-47-15-17-53-51(35-47)59(77)61(79)65(87-53)55-13-11-21-83-55)33-39(57(37)75)25-43-29-46(70(6,7)8)30-44(64(43)86-20-10-2)26-40-34-50(32-38(58(40)76)24-42(63)28-45(27-41)69(3,4)5)74-68(82)72-48-16-18-54-52(36-48)60(78)62(80)66(88-54)56-14-12-22-84-56/h11-18,21-22,27-36,75-76,79-80H,9-10,19-20,23-26H2,1-8H3,(H2,71,73,81)(H2,72,74,82). The fourth-order valence-electron chi connectivity index (χ4n) is 11.0. The molecule has 1 aliphatic rings. The molecule has 6 aromatic carbocycles. The van der Waals surface area contributed by atoms with Crippen LogP contribution >= 0.6 is 0 Å². The van der Waals surface area contributed by atoms with Gasteiger partial charge in [-0.1, -0.05) is 79.7 Å². The minimum Gasteiger partial charge on any atom is -0.507 e. The summed E-state index contributed by atoms with van der Waals surface area (Å²) in [5.74, 6) is -0.0941. The molecule has 452 valence electrons. The van der Waals surface area contributed by atoms with Gasteiger partial charge in [-0.2, -0.15) is 0 Å². The molecule has 4 heterocycles. The van der Waals surface area contributed by atoms with Gasteiger partial charge in [0.2, 0.25) is 33.9 Å². The van der Waals surface area contributed by atoms with Gasteiger partial charge in [0.15, 0.2) is 11.5 Å². The second kappa shape index (κ2) is 23.8. The lowest BCUT2D eigenvalue weighted by molar-refractivity contribution is 0.261. The van der Waals surface area contributed by atoms with E-state index in [-0.39, 0.29) is 93.5 Å². The summed E-state index contributed by atoms with van der Waals surface area (Å²) in [6.07, 6.45) is 4.63. The number of rotatable bonds is 12. The molecule has 0 atom stereocenters. The largest absolute Gasteiger partial charge is 0.507 e. The molecule has 88 heavy (non-hydrogen) atoms. The Labute approximate surface area is 506 Å². The van der Waals surface area contributed by atoms with Gasteiger partial charge in [0.05, 0.1) is 36.5 Å². The van der Waals surface area contributed by atoms with Crippen molar-refractivity contribution in [2.45, 2.75) is 105 Å². The third kappa shape index (κ3) is 12.2. The van der Waals surface area contributed by atoms with E-state index in [0.29, 0.717) is 71.2 Å². The van der Waals surface area contributed by atoms with Crippen molar-refractivity contribution in [2.75, 3.05) is 34.5 Å². The van der Waals surface area contributed by atoms with E-state index in [2.05, 4.69) is 87.1 Å². The van der Waals surface area contributed by atoms with Gasteiger partial charge in [-0.25, -0.2) is 9.59 Å². The van der Waals surface area contributed by atoms with Gasteiger partial charge in [-0.3, -0.25) is 9.59 Å². The van der Waals surface area contributed by atoms with E-state index < -0.39 is 45.2 Å². The average Bonchev–Trinajstić information content (AvgIpc) is 1.88. The Hall–Kier alpha value is -10.4. The summed E-state index contributed by atoms with van der Waals surface area (Å²) in [5.41, 5.74) is 5.93. The Kier molecular flexibility index (Phi) is 16.1. The zero-order valence-electron chi connectivity index (χ0n) is 50.1. The molecule has 8 bridgehead atoms. The number of phenolic OH excluding ortho intramolecular Hbond substituents is 2. The summed E-state index contributed by atoms with van der Waals surface area (Å²) >= 11 is 0. The van der Waals surface area contributed by atoms with Gasteiger partial charge < -0.3 is 68.8 Å². The van der Waals surface area contributed by atoms with E-state index in [9.17, 15) is 39.6 Å². The molecule has 1 aliphatic carbocycles. The summed E-state index contributed by atoms with van der Waals surface area (Å²) in [6, 6.07) is 29.1. The van der Waals surface area contributed by atoms with Crippen molar-refractivity contribution in [1.29, 1.82) is 0 Å². The van der Waals surface area contributed by atoms with E-state index in [1.54, 1.807) is 60.7 Å². The minimum absolute atomic E-state index is 0.00250. The number of phenols is 2. The second-order valence-electron chi connectivity index (χ2n) is 24.2. The third-order valence-corrected chi connectivity index (χ3v) is 15.4. The molecule has 18 nitrogen and oxygen atoms in total. The van der Waals surface area contributed by atoms with E-state index in [1.807, 2.05) is 13.8 Å². The highest BCUT2D eigenvalue weighted by Gasteiger charge is 2.28. The molecule has 0 aliphatic heterocycles. The van der Waals surface area contributed by atoms with Crippen molar-refractivity contribution in [3.05, 3.63) is 198 Å². The van der Waals surface area contributed by atoms with Crippen LogP contribution in [0.4, 0.5) is 32.3 Å². The number of urea groups is 2.